The Morgan fingerprint density at radius 3 is 2.72 bits per heavy atom. The lowest BCUT2D eigenvalue weighted by atomic mass is 9.97. The summed E-state index contributed by atoms with van der Waals surface area (Å²) in [4.78, 5) is 6.89. The van der Waals surface area contributed by atoms with E-state index in [1.54, 1.807) is 0 Å². The van der Waals surface area contributed by atoms with Gasteiger partial charge in [-0.05, 0) is 66.1 Å². The molecule has 0 amide bonds. The second-order valence-corrected chi connectivity index (χ2v) is 8.40. The van der Waals surface area contributed by atoms with E-state index >= 15 is 0 Å². The van der Waals surface area contributed by atoms with Gasteiger partial charge in [0.15, 0.2) is 0 Å². The van der Waals surface area contributed by atoms with Crippen molar-refractivity contribution in [3.63, 3.8) is 0 Å². The summed E-state index contributed by atoms with van der Waals surface area (Å²) in [6.07, 6.45) is 4.36. The van der Waals surface area contributed by atoms with Crippen LogP contribution in [0, 0.1) is 6.92 Å². The Morgan fingerprint density at radius 2 is 1.94 bits per heavy atom. The summed E-state index contributed by atoms with van der Waals surface area (Å²) in [7, 11) is 0. The molecule has 7 heteroatoms. The molecule has 7 nitrogen and oxygen atoms in total. The van der Waals surface area contributed by atoms with E-state index in [2.05, 4.69) is 57.3 Å². The van der Waals surface area contributed by atoms with Crippen molar-refractivity contribution in [2.24, 2.45) is 0 Å². The first kappa shape index (κ1) is 20.8. The van der Waals surface area contributed by atoms with Crippen LogP contribution in [-0.4, -0.2) is 59.8 Å². The monoisotopic (exact) mass is 432 g/mol. The number of benzene rings is 1. The molecule has 1 aliphatic carbocycles. The van der Waals surface area contributed by atoms with E-state index in [9.17, 15) is 5.11 Å². The zero-order chi connectivity index (χ0) is 21.9. The minimum Gasteiger partial charge on any atom is -0.475 e. The lowest BCUT2D eigenvalue weighted by Crippen LogP contribution is -2.36. The molecule has 2 aliphatic rings. The third-order valence-corrected chi connectivity index (χ3v) is 6.03. The summed E-state index contributed by atoms with van der Waals surface area (Å²) < 4.78 is 11.2. The maximum absolute atomic E-state index is 9.21. The second kappa shape index (κ2) is 9.22. The molecule has 32 heavy (non-hydrogen) atoms. The molecule has 2 fully saturated rings. The molecule has 1 saturated heterocycles. The molecular formula is C25H28N4O3. The van der Waals surface area contributed by atoms with E-state index < -0.39 is 0 Å². The molecule has 3 heterocycles. The summed E-state index contributed by atoms with van der Waals surface area (Å²) in [6.45, 7) is 5.21. The van der Waals surface area contributed by atoms with Crippen LogP contribution in [0.4, 0.5) is 5.82 Å². The van der Waals surface area contributed by atoms with Gasteiger partial charge in [0.25, 0.3) is 0 Å². The van der Waals surface area contributed by atoms with Crippen LogP contribution in [0.2, 0.25) is 0 Å². The lowest BCUT2D eigenvalue weighted by molar-refractivity contribution is 0.122. The predicted molar refractivity (Wildman–Crippen MR) is 123 cm³/mol. The van der Waals surface area contributed by atoms with Crippen LogP contribution in [0.1, 0.15) is 29.9 Å². The summed E-state index contributed by atoms with van der Waals surface area (Å²) >= 11 is 0. The van der Waals surface area contributed by atoms with Crippen molar-refractivity contribution in [3.05, 3.63) is 53.7 Å². The van der Waals surface area contributed by atoms with Crippen molar-refractivity contribution < 1.29 is 14.6 Å². The average molecular weight is 433 g/mol. The quantitative estimate of drug-likeness (QED) is 0.611. The zero-order valence-electron chi connectivity index (χ0n) is 18.3. The first-order valence-corrected chi connectivity index (χ1v) is 11.2. The highest BCUT2D eigenvalue weighted by molar-refractivity contribution is 5.76. The maximum Gasteiger partial charge on any atom is 0.215 e. The fraction of sp³-hybridized carbons (Fsp3) is 0.400. The fourth-order valence-corrected chi connectivity index (χ4v) is 4.08. The smallest absolute Gasteiger partial charge is 0.215 e. The van der Waals surface area contributed by atoms with Gasteiger partial charge in [0, 0.05) is 24.7 Å². The molecule has 5 rings (SSSR count). The number of aryl methyl sites for hydroxylation is 1. The average Bonchev–Trinajstić information content (AvgIpc) is 3.69. The molecule has 1 aromatic carbocycles. The van der Waals surface area contributed by atoms with E-state index in [-0.39, 0.29) is 13.2 Å². The minimum absolute atomic E-state index is 0.0523. The van der Waals surface area contributed by atoms with Gasteiger partial charge in [0.2, 0.25) is 5.88 Å². The number of rotatable bonds is 7. The summed E-state index contributed by atoms with van der Waals surface area (Å²) in [5.74, 6) is 2.01. The number of ether oxygens (including phenoxy) is 2. The van der Waals surface area contributed by atoms with E-state index in [0.29, 0.717) is 25.0 Å². The standard InChI is InChI=1S/C25H28N4O3/c1-17-2-3-19(23-13-21(16-26-28-23)18-4-5-18)12-22(17)20-14-24(29-6-9-31-10-7-29)27-25(15-20)32-11-8-30/h2-3,12-16,18,30H,4-11H2,1H3. The van der Waals surface area contributed by atoms with Crippen LogP contribution < -0.4 is 9.64 Å². The van der Waals surface area contributed by atoms with Crippen molar-refractivity contribution in [2.75, 3.05) is 44.4 Å². The number of aliphatic hydroxyl groups is 1. The van der Waals surface area contributed by atoms with Crippen LogP contribution in [0.25, 0.3) is 22.4 Å². The molecule has 2 aromatic heterocycles. The van der Waals surface area contributed by atoms with Crippen LogP contribution in [0.5, 0.6) is 5.88 Å². The Hall–Kier alpha value is -3.03. The van der Waals surface area contributed by atoms with Gasteiger partial charge < -0.3 is 19.5 Å². The summed E-state index contributed by atoms with van der Waals surface area (Å²) in [5, 5.41) is 17.9. The van der Waals surface area contributed by atoms with Gasteiger partial charge in [-0.3, -0.25) is 0 Å². The van der Waals surface area contributed by atoms with Crippen molar-refractivity contribution in [3.8, 4) is 28.3 Å². The Balaban J connectivity index is 1.54. The van der Waals surface area contributed by atoms with Gasteiger partial charge in [-0.1, -0.05) is 12.1 Å². The summed E-state index contributed by atoms with van der Waals surface area (Å²) in [6, 6.07) is 12.6. The maximum atomic E-state index is 9.21. The van der Waals surface area contributed by atoms with Crippen LogP contribution in [0.3, 0.4) is 0 Å². The minimum atomic E-state index is -0.0523. The van der Waals surface area contributed by atoms with Gasteiger partial charge in [-0.25, -0.2) is 0 Å². The van der Waals surface area contributed by atoms with Gasteiger partial charge >= 0.3 is 0 Å². The Labute approximate surface area is 188 Å². The molecule has 0 atom stereocenters. The van der Waals surface area contributed by atoms with Crippen molar-refractivity contribution in [1.82, 2.24) is 15.2 Å². The highest BCUT2D eigenvalue weighted by atomic mass is 16.5. The number of aromatic nitrogens is 3. The van der Waals surface area contributed by atoms with E-state index in [4.69, 9.17) is 9.47 Å². The van der Waals surface area contributed by atoms with Crippen molar-refractivity contribution in [1.29, 1.82) is 0 Å². The molecule has 1 N–H and O–H groups in total. The van der Waals surface area contributed by atoms with Crippen molar-refractivity contribution in [2.45, 2.75) is 25.7 Å². The highest BCUT2D eigenvalue weighted by Gasteiger charge is 2.24. The number of nitrogens with zero attached hydrogens (tertiary/aromatic N) is 4. The SMILES string of the molecule is Cc1ccc(-c2cc(C3CC3)cnn2)cc1-c1cc(OCCO)nc(N2CCOCC2)c1. The normalized spacial score (nSPS) is 16.2. The molecular weight excluding hydrogens is 404 g/mol. The van der Waals surface area contributed by atoms with E-state index in [0.717, 1.165) is 46.9 Å². The zero-order valence-corrected chi connectivity index (χ0v) is 18.3. The van der Waals surface area contributed by atoms with Gasteiger partial charge in [0.1, 0.15) is 12.4 Å². The van der Waals surface area contributed by atoms with Crippen LogP contribution in [0.15, 0.2) is 42.6 Å². The van der Waals surface area contributed by atoms with E-state index in [1.807, 2.05) is 12.3 Å². The van der Waals surface area contributed by atoms with Crippen molar-refractivity contribution >= 4 is 5.82 Å². The Bertz CT molecular complexity index is 1090. The molecule has 1 saturated carbocycles. The van der Waals surface area contributed by atoms with Gasteiger partial charge in [-0.15, -0.1) is 0 Å². The largest absolute Gasteiger partial charge is 0.475 e. The second-order valence-electron chi connectivity index (χ2n) is 8.40. The first-order valence-electron chi connectivity index (χ1n) is 11.2. The van der Waals surface area contributed by atoms with Crippen LogP contribution >= 0.6 is 0 Å². The molecule has 0 radical (unpaired) electrons. The summed E-state index contributed by atoms with van der Waals surface area (Å²) in [5.41, 5.74) is 6.51. The number of anilines is 1. The number of hydrogen-bond acceptors (Lipinski definition) is 7. The van der Waals surface area contributed by atoms with Crippen LogP contribution in [-0.2, 0) is 4.74 Å². The molecule has 0 bridgehead atoms. The Kier molecular flexibility index (Phi) is 6.01. The number of morpholine rings is 1. The molecule has 1 aliphatic heterocycles. The molecule has 0 unspecified atom stereocenters. The highest BCUT2D eigenvalue weighted by Crippen LogP contribution is 2.40. The first-order chi connectivity index (χ1) is 15.7. The molecule has 0 spiro atoms. The molecule has 3 aromatic rings. The van der Waals surface area contributed by atoms with Gasteiger partial charge in [-0.2, -0.15) is 15.2 Å². The third kappa shape index (κ3) is 4.59. The fourth-order valence-electron chi connectivity index (χ4n) is 4.08. The van der Waals surface area contributed by atoms with E-state index in [1.165, 1.54) is 18.4 Å². The number of aliphatic hydroxyl groups excluding tert-OH is 1. The third-order valence-electron chi connectivity index (χ3n) is 6.03. The lowest BCUT2D eigenvalue weighted by Gasteiger charge is -2.28. The molecule has 166 valence electrons. The van der Waals surface area contributed by atoms with Gasteiger partial charge in [0.05, 0.1) is 31.7 Å². The topological polar surface area (TPSA) is 80.6 Å². The predicted octanol–water partition coefficient (Wildman–Crippen LogP) is 3.60. The Morgan fingerprint density at radius 1 is 1.09 bits per heavy atom. The number of pyridine rings is 1. The number of hydrogen-bond donors (Lipinski definition) is 1.